The van der Waals surface area contributed by atoms with Crippen molar-refractivity contribution in [1.29, 1.82) is 0 Å². The second-order valence-corrected chi connectivity index (χ2v) is 6.47. The van der Waals surface area contributed by atoms with Crippen LogP contribution in [0.5, 0.6) is 5.75 Å². The molecule has 0 atom stereocenters. The predicted molar refractivity (Wildman–Crippen MR) is 75.5 cm³/mol. The van der Waals surface area contributed by atoms with Crippen molar-refractivity contribution in [3.63, 3.8) is 0 Å². The maximum atomic E-state index is 11.6. The Kier molecular flexibility index (Phi) is 3.29. The molecule has 0 aliphatic heterocycles. The molecule has 0 amide bonds. The van der Waals surface area contributed by atoms with Gasteiger partial charge in [-0.15, -0.1) is 0 Å². The summed E-state index contributed by atoms with van der Waals surface area (Å²) >= 11 is 3.49. The van der Waals surface area contributed by atoms with Gasteiger partial charge in [0.2, 0.25) is 0 Å². The van der Waals surface area contributed by atoms with Crippen LogP contribution < -0.4 is 4.74 Å². The average Bonchev–Trinajstić information content (AvgIpc) is 3.10. The van der Waals surface area contributed by atoms with E-state index >= 15 is 0 Å². The topological polar surface area (TPSA) is 46.5 Å². The largest absolute Gasteiger partial charge is 0.492 e. The summed E-state index contributed by atoms with van der Waals surface area (Å²) in [5.41, 5.74) is 0.101. The van der Waals surface area contributed by atoms with Gasteiger partial charge in [-0.1, -0.05) is 18.6 Å². The highest BCUT2D eigenvalue weighted by molar-refractivity contribution is 9.10. The summed E-state index contributed by atoms with van der Waals surface area (Å²) in [6, 6.07) is 5.71. The van der Waals surface area contributed by atoms with Crippen LogP contribution in [0.3, 0.4) is 0 Å². The normalized spacial score (nSPS) is 20.7. The summed E-state index contributed by atoms with van der Waals surface area (Å²) in [6.07, 6.45) is 4.84. The molecule has 0 saturated heterocycles. The number of halogens is 1. The van der Waals surface area contributed by atoms with Crippen molar-refractivity contribution in [3.8, 4) is 5.75 Å². The Morgan fingerprint density at radius 3 is 2.68 bits per heavy atom. The van der Waals surface area contributed by atoms with Crippen molar-refractivity contribution in [2.24, 2.45) is 5.92 Å². The van der Waals surface area contributed by atoms with Gasteiger partial charge in [0.15, 0.2) is 0 Å². The van der Waals surface area contributed by atoms with Gasteiger partial charge in [0.25, 0.3) is 0 Å². The average molecular weight is 325 g/mol. The molecule has 1 aromatic rings. The lowest BCUT2D eigenvalue weighted by molar-refractivity contribution is -0.147. The quantitative estimate of drug-likeness (QED) is 0.897. The summed E-state index contributed by atoms with van der Waals surface area (Å²) < 4.78 is 6.77. The Balaban J connectivity index is 1.94. The van der Waals surface area contributed by atoms with Crippen molar-refractivity contribution in [2.75, 3.05) is 6.61 Å². The Labute approximate surface area is 121 Å². The fraction of sp³-hybridized carbons (Fsp3) is 0.533. The van der Waals surface area contributed by atoms with Gasteiger partial charge < -0.3 is 9.84 Å². The Morgan fingerprint density at radius 1 is 1.42 bits per heavy atom. The van der Waals surface area contributed by atoms with E-state index in [0.29, 0.717) is 25.4 Å². The third-order valence-electron chi connectivity index (χ3n) is 4.26. The van der Waals surface area contributed by atoms with Gasteiger partial charge in [-0.3, -0.25) is 4.79 Å². The van der Waals surface area contributed by atoms with Crippen LogP contribution >= 0.6 is 15.9 Å². The van der Waals surface area contributed by atoms with Crippen molar-refractivity contribution < 1.29 is 14.6 Å². The molecule has 1 aromatic carbocycles. The van der Waals surface area contributed by atoms with Crippen molar-refractivity contribution in [3.05, 3.63) is 28.2 Å². The molecule has 0 heterocycles. The summed E-state index contributed by atoms with van der Waals surface area (Å²) in [7, 11) is 0. The third kappa shape index (κ3) is 2.27. The maximum Gasteiger partial charge on any atom is 0.314 e. The minimum Gasteiger partial charge on any atom is -0.492 e. The smallest absolute Gasteiger partial charge is 0.314 e. The molecule has 3 nitrogen and oxygen atoms in total. The van der Waals surface area contributed by atoms with Crippen LogP contribution in [0, 0.1) is 5.92 Å². The third-order valence-corrected chi connectivity index (χ3v) is 4.88. The van der Waals surface area contributed by atoms with Crippen LogP contribution in [0.1, 0.15) is 37.7 Å². The molecule has 2 aliphatic carbocycles. The number of carboxylic acid groups (broad SMARTS) is 1. The number of rotatable bonds is 5. The first-order valence-electron chi connectivity index (χ1n) is 6.79. The zero-order valence-corrected chi connectivity index (χ0v) is 12.3. The van der Waals surface area contributed by atoms with E-state index in [1.807, 2.05) is 18.2 Å². The fourth-order valence-electron chi connectivity index (χ4n) is 2.65. The molecule has 0 bridgehead atoms. The lowest BCUT2D eigenvalue weighted by Crippen LogP contribution is -2.42. The first kappa shape index (κ1) is 13.0. The minimum absolute atomic E-state index is 0.655. The van der Waals surface area contributed by atoms with Crippen molar-refractivity contribution >= 4 is 21.9 Å². The molecule has 0 radical (unpaired) electrons. The maximum absolute atomic E-state index is 11.6. The highest BCUT2D eigenvalue weighted by Gasteiger charge is 2.48. The van der Waals surface area contributed by atoms with Gasteiger partial charge in [-0.2, -0.15) is 0 Å². The summed E-state index contributed by atoms with van der Waals surface area (Å²) in [5, 5.41) is 9.57. The number of hydrogen-bond acceptors (Lipinski definition) is 2. The van der Waals surface area contributed by atoms with Gasteiger partial charge in [-0.05, 0) is 53.6 Å². The van der Waals surface area contributed by atoms with Crippen molar-refractivity contribution in [2.45, 2.75) is 37.5 Å². The number of benzene rings is 1. The van der Waals surface area contributed by atoms with Gasteiger partial charge >= 0.3 is 5.97 Å². The number of carboxylic acids is 1. The van der Waals surface area contributed by atoms with Crippen molar-refractivity contribution in [1.82, 2.24) is 0 Å². The zero-order valence-electron chi connectivity index (χ0n) is 10.7. The molecule has 0 unspecified atom stereocenters. The second-order valence-electron chi connectivity index (χ2n) is 5.61. The molecule has 3 rings (SSSR count). The monoisotopic (exact) mass is 324 g/mol. The zero-order chi connectivity index (χ0) is 13.5. The van der Waals surface area contributed by atoms with Gasteiger partial charge in [-0.25, -0.2) is 0 Å². The summed E-state index contributed by atoms with van der Waals surface area (Å²) in [6.45, 7) is 0.700. The van der Waals surface area contributed by atoms with Crippen LogP contribution in [0.15, 0.2) is 22.7 Å². The lowest BCUT2D eigenvalue weighted by Gasteiger charge is -2.39. The van der Waals surface area contributed by atoms with E-state index in [0.717, 1.165) is 22.2 Å². The van der Waals surface area contributed by atoms with E-state index in [1.165, 1.54) is 12.8 Å². The molecule has 4 heteroatoms. The van der Waals surface area contributed by atoms with Gasteiger partial charge in [0.1, 0.15) is 5.75 Å². The molecule has 102 valence electrons. The predicted octanol–water partition coefficient (Wildman–Crippen LogP) is 3.74. The number of para-hydroxylation sites is 1. The fourth-order valence-corrected chi connectivity index (χ4v) is 3.13. The van der Waals surface area contributed by atoms with E-state index in [-0.39, 0.29) is 0 Å². The van der Waals surface area contributed by atoms with E-state index < -0.39 is 11.4 Å². The van der Waals surface area contributed by atoms with Gasteiger partial charge in [0.05, 0.1) is 16.5 Å². The van der Waals surface area contributed by atoms with Crippen LogP contribution in [0.2, 0.25) is 0 Å². The molecule has 2 fully saturated rings. The lowest BCUT2D eigenvalue weighted by atomic mass is 9.64. The summed E-state index contributed by atoms with van der Waals surface area (Å²) in [4.78, 5) is 11.6. The molecule has 2 saturated carbocycles. The minimum atomic E-state index is -0.733. The van der Waals surface area contributed by atoms with Crippen LogP contribution in [0.4, 0.5) is 0 Å². The molecule has 0 aromatic heterocycles. The number of carbonyl (C=O) groups is 1. The number of ether oxygens (including phenoxy) is 1. The van der Waals surface area contributed by atoms with Gasteiger partial charge in [0, 0.05) is 5.56 Å². The van der Waals surface area contributed by atoms with E-state index in [2.05, 4.69) is 15.9 Å². The van der Waals surface area contributed by atoms with E-state index in [1.54, 1.807) is 0 Å². The Morgan fingerprint density at radius 2 is 2.16 bits per heavy atom. The highest BCUT2D eigenvalue weighted by atomic mass is 79.9. The van der Waals surface area contributed by atoms with Crippen LogP contribution in [-0.4, -0.2) is 17.7 Å². The molecule has 0 spiro atoms. The Bertz CT molecular complexity index is 504. The SMILES string of the molecule is O=C(O)C1(c2cccc(Br)c2OCC2CC2)CCC1. The molecule has 1 N–H and O–H groups in total. The standard InChI is InChI=1S/C15H17BrO3/c16-12-4-1-3-11(13(12)19-9-10-5-6-10)15(14(17)18)7-2-8-15/h1,3-4,10H,2,5-9H2,(H,17,18). The molecular weight excluding hydrogens is 308 g/mol. The second kappa shape index (κ2) is 4.82. The number of aliphatic carboxylic acids is 1. The van der Waals surface area contributed by atoms with Crippen LogP contribution in [0.25, 0.3) is 0 Å². The Hall–Kier alpha value is -1.03. The van der Waals surface area contributed by atoms with E-state index in [9.17, 15) is 9.90 Å². The van der Waals surface area contributed by atoms with Crippen LogP contribution in [-0.2, 0) is 10.2 Å². The molecule has 2 aliphatic rings. The van der Waals surface area contributed by atoms with E-state index in [4.69, 9.17) is 4.74 Å². The first-order valence-corrected chi connectivity index (χ1v) is 7.58. The number of hydrogen-bond donors (Lipinski definition) is 1. The summed E-state index contributed by atoms with van der Waals surface area (Å²) in [5.74, 6) is 0.659. The first-order chi connectivity index (χ1) is 9.13. The molecule has 19 heavy (non-hydrogen) atoms. The highest BCUT2D eigenvalue weighted by Crippen LogP contribution is 2.49. The molecular formula is C15H17BrO3.